The Labute approximate surface area is 95.1 Å². The smallest absolute Gasteiger partial charge is 0.213 e. The summed E-state index contributed by atoms with van der Waals surface area (Å²) in [6.45, 7) is 6.36. The zero-order valence-corrected chi connectivity index (χ0v) is 10.3. The number of nitrogens with zero attached hydrogens (tertiary/aromatic N) is 2. The third-order valence-electron chi connectivity index (χ3n) is 1.47. The molecular formula is C11H16N2OS. The quantitative estimate of drug-likeness (QED) is 0.585. The van der Waals surface area contributed by atoms with Gasteiger partial charge in [0.15, 0.2) is 0 Å². The van der Waals surface area contributed by atoms with Gasteiger partial charge < -0.3 is 4.74 Å². The minimum Gasteiger partial charge on any atom is -0.481 e. The molecule has 0 fully saturated rings. The van der Waals surface area contributed by atoms with Gasteiger partial charge >= 0.3 is 0 Å². The minimum atomic E-state index is 0.134. The highest BCUT2D eigenvalue weighted by molar-refractivity contribution is 7.99. The molecular weight excluding hydrogens is 208 g/mol. The van der Waals surface area contributed by atoms with E-state index in [2.05, 4.69) is 30.2 Å². The van der Waals surface area contributed by atoms with Gasteiger partial charge in [-0.1, -0.05) is 6.07 Å². The maximum atomic E-state index is 5.02. The predicted octanol–water partition coefficient (Wildman–Crippen LogP) is 2.96. The second-order valence-corrected chi connectivity index (χ2v) is 5.66. The van der Waals surface area contributed by atoms with Crippen LogP contribution in [0.2, 0.25) is 0 Å². The molecule has 1 aromatic rings. The van der Waals surface area contributed by atoms with E-state index in [4.69, 9.17) is 4.74 Å². The Kier molecular flexibility index (Phi) is 4.15. The van der Waals surface area contributed by atoms with Crippen LogP contribution in [-0.2, 0) is 0 Å². The highest BCUT2D eigenvalue weighted by Crippen LogP contribution is 2.23. The van der Waals surface area contributed by atoms with Crippen molar-refractivity contribution in [3.63, 3.8) is 0 Å². The average molecular weight is 224 g/mol. The predicted molar refractivity (Wildman–Crippen MR) is 65.7 cm³/mol. The number of hydrogen-bond donors (Lipinski definition) is 0. The molecule has 15 heavy (non-hydrogen) atoms. The second-order valence-electron chi connectivity index (χ2n) is 4.04. The molecule has 0 aromatic carbocycles. The number of methoxy groups -OCH3 is 1. The van der Waals surface area contributed by atoms with Crippen molar-refractivity contribution >= 4 is 18.2 Å². The van der Waals surface area contributed by atoms with E-state index < -0.39 is 0 Å². The minimum absolute atomic E-state index is 0.134. The average Bonchev–Trinajstić information content (AvgIpc) is 2.16. The number of aromatic nitrogens is 1. The summed E-state index contributed by atoms with van der Waals surface area (Å²) >= 11 is 1.53. The van der Waals surface area contributed by atoms with Gasteiger partial charge in [0, 0.05) is 10.8 Å². The highest BCUT2D eigenvalue weighted by atomic mass is 32.2. The van der Waals surface area contributed by atoms with Crippen molar-refractivity contribution in [2.45, 2.75) is 25.5 Å². The molecule has 0 aliphatic heterocycles. The topological polar surface area (TPSA) is 34.5 Å². The fraction of sp³-hybridized carbons (Fsp3) is 0.455. The van der Waals surface area contributed by atoms with Crippen LogP contribution in [0.15, 0.2) is 22.6 Å². The van der Waals surface area contributed by atoms with E-state index in [9.17, 15) is 0 Å². The monoisotopic (exact) mass is 224 g/mol. The van der Waals surface area contributed by atoms with Gasteiger partial charge in [0.05, 0.1) is 19.0 Å². The number of pyridine rings is 1. The summed E-state index contributed by atoms with van der Waals surface area (Å²) in [4.78, 5) is 4.23. The Balaban J connectivity index is 2.64. The molecule has 0 spiro atoms. The summed E-state index contributed by atoms with van der Waals surface area (Å²) in [6, 6.07) is 5.61. The summed E-state index contributed by atoms with van der Waals surface area (Å²) in [6.07, 6.45) is 1.75. The zero-order valence-electron chi connectivity index (χ0n) is 9.52. The van der Waals surface area contributed by atoms with Gasteiger partial charge in [0.2, 0.25) is 5.88 Å². The molecule has 0 unspecified atom stereocenters. The standard InChI is InChI=1S/C11H16N2OS/c1-11(2,3)15-12-8-9-6-5-7-10(13-9)14-4/h5-8H,1-4H3/b12-8+. The van der Waals surface area contributed by atoms with Crippen molar-refractivity contribution in [1.82, 2.24) is 4.98 Å². The summed E-state index contributed by atoms with van der Waals surface area (Å²) in [5.41, 5.74) is 0.811. The van der Waals surface area contributed by atoms with Gasteiger partial charge in [-0.15, -0.1) is 0 Å². The maximum Gasteiger partial charge on any atom is 0.213 e. The molecule has 0 saturated carbocycles. The lowest BCUT2D eigenvalue weighted by Gasteiger charge is -2.11. The van der Waals surface area contributed by atoms with Crippen LogP contribution in [0.25, 0.3) is 0 Å². The fourth-order valence-electron chi connectivity index (χ4n) is 0.855. The third kappa shape index (κ3) is 4.83. The molecule has 1 rings (SSSR count). The molecule has 0 aliphatic rings. The molecule has 0 atom stereocenters. The highest BCUT2D eigenvalue weighted by Gasteiger charge is 2.08. The normalized spacial score (nSPS) is 12.0. The van der Waals surface area contributed by atoms with Crippen molar-refractivity contribution in [3.05, 3.63) is 23.9 Å². The molecule has 0 N–H and O–H groups in total. The van der Waals surface area contributed by atoms with Crippen molar-refractivity contribution in [3.8, 4) is 5.88 Å². The summed E-state index contributed by atoms with van der Waals surface area (Å²) in [7, 11) is 1.60. The van der Waals surface area contributed by atoms with Crippen molar-refractivity contribution in [2.24, 2.45) is 4.40 Å². The van der Waals surface area contributed by atoms with Gasteiger partial charge in [-0.05, 0) is 38.8 Å². The van der Waals surface area contributed by atoms with E-state index in [-0.39, 0.29) is 4.75 Å². The molecule has 3 nitrogen and oxygen atoms in total. The molecule has 82 valence electrons. The van der Waals surface area contributed by atoms with E-state index in [1.54, 1.807) is 13.3 Å². The van der Waals surface area contributed by atoms with Crippen LogP contribution in [-0.4, -0.2) is 23.1 Å². The lowest BCUT2D eigenvalue weighted by Crippen LogP contribution is -2.05. The fourth-order valence-corrected chi connectivity index (χ4v) is 1.33. The van der Waals surface area contributed by atoms with Gasteiger partial charge in [-0.25, -0.2) is 9.38 Å². The van der Waals surface area contributed by atoms with E-state index in [1.807, 2.05) is 18.2 Å². The second kappa shape index (κ2) is 5.16. The molecule has 0 saturated heterocycles. The van der Waals surface area contributed by atoms with E-state index in [1.165, 1.54) is 11.9 Å². The summed E-state index contributed by atoms with van der Waals surface area (Å²) in [5, 5.41) is 0. The van der Waals surface area contributed by atoms with Crippen molar-refractivity contribution in [1.29, 1.82) is 0 Å². The number of rotatable bonds is 3. The van der Waals surface area contributed by atoms with E-state index >= 15 is 0 Å². The van der Waals surface area contributed by atoms with Gasteiger partial charge in [-0.2, -0.15) is 0 Å². The first kappa shape index (κ1) is 12.0. The first-order chi connectivity index (χ1) is 7.01. The van der Waals surface area contributed by atoms with E-state index in [0.29, 0.717) is 5.88 Å². The third-order valence-corrected chi connectivity index (χ3v) is 2.22. The van der Waals surface area contributed by atoms with Crippen LogP contribution in [0.1, 0.15) is 26.5 Å². The maximum absolute atomic E-state index is 5.02. The molecule has 0 aliphatic carbocycles. The van der Waals surface area contributed by atoms with Crippen molar-refractivity contribution in [2.75, 3.05) is 7.11 Å². The molecule has 1 heterocycles. The van der Waals surface area contributed by atoms with Crippen LogP contribution in [0.3, 0.4) is 0 Å². The first-order valence-electron chi connectivity index (χ1n) is 4.74. The molecule has 0 amide bonds. The molecule has 1 aromatic heterocycles. The van der Waals surface area contributed by atoms with Crippen LogP contribution in [0, 0.1) is 0 Å². The lowest BCUT2D eigenvalue weighted by molar-refractivity contribution is 0.397. The molecule has 4 heteroatoms. The number of hydrogen-bond acceptors (Lipinski definition) is 4. The Hall–Kier alpha value is -1.03. The van der Waals surface area contributed by atoms with Crippen LogP contribution in [0.4, 0.5) is 0 Å². The van der Waals surface area contributed by atoms with Crippen LogP contribution < -0.4 is 4.74 Å². The summed E-state index contributed by atoms with van der Waals surface area (Å²) in [5.74, 6) is 0.611. The molecule has 0 radical (unpaired) electrons. The van der Waals surface area contributed by atoms with E-state index in [0.717, 1.165) is 5.69 Å². The Morgan fingerprint density at radius 2 is 2.13 bits per heavy atom. The first-order valence-corrected chi connectivity index (χ1v) is 5.51. The Morgan fingerprint density at radius 3 is 2.73 bits per heavy atom. The molecule has 0 bridgehead atoms. The SMILES string of the molecule is COc1cccc(/C=N/SC(C)(C)C)n1. The van der Waals surface area contributed by atoms with Crippen LogP contribution in [0.5, 0.6) is 5.88 Å². The van der Waals surface area contributed by atoms with Gasteiger partial charge in [0.25, 0.3) is 0 Å². The Bertz CT molecular complexity index is 345. The largest absolute Gasteiger partial charge is 0.481 e. The zero-order chi connectivity index (χ0) is 11.3. The summed E-state index contributed by atoms with van der Waals surface area (Å²) < 4.78 is 9.42. The van der Waals surface area contributed by atoms with Gasteiger partial charge in [0.1, 0.15) is 0 Å². The Morgan fingerprint density at radius 1 is 1.40 bits per heavy atom. The number of ether oxygens (including phenoxy) is 1. The van der Waals surface area contributed by atoms with Crippen molar-refractivity contribution < 1.29 is 4.74 Å². The van der Waals surface area contributed by atoms with Gasteiger partial charge in [-0.3, -0.25) is 0 Å². The van der Waals surface area contributed by atoms with Crippen LogP contribution >= 0.6 is 11.9 Å². The lowest BCUT2D eigenvalue weighted by atomic mass is 10.3.